The number of hydrogen-bond acceptors (Lipinski definition) is 2. The van der Waals surface area contributed by atoms with E-state index in [4.69, 9.17) is 0 Å². The molecule has 2 aromatic rings. The summed E-state index contributed by atoms with van der Waals surface area (Å²) in [6, 6.07) is 7.74. The molecule has 3 nitrogen and oxygen atoms in total. The number of rotatable bonds is 4. The molecule has 1 heterocycles. The first-order valence-corrected chi connectivity index (χ1v) is 6.93. The summed E-state index contributed by atoms with van der Waals surface area (Å²) in [7, 11) is 1.85. The van der Waals surface area contributed by atoms with E-state index in [1.807, 2.05) is 43.8 Å². The molecule has 1 aromatic carbocycles. The van der Waals surface area contributed by atoms with Crippen LogP contribution in [0.3, 0.4) is 0 Å². The number of H-pyrrole nitrogens is 1. The highest BCUT2D eigenvalue weighted by Gasteiger charge is 2.11. The first kappa shape index (κ1) is 12.0. The lowest BCUT2D eigenvalue weighted by Crippen LogP contribution is -2.28. The summed E-state index contributed by atoms with van der Waals surface area (Å²) >= 11 is 1.75. The van der Waals surface area contributed by atoms with Crippen LogP contribution >= 0.6 is 11.8 Å². The second kappa shape index (κ2) is 5.27. The molecule has 1 amide bonds. The maximum atomic E-state index is 12.1. The molecule has 0 aliphatic carbocycles. The van der Waals surface area contributed by atoms with Gasteiger partial charge in [0.1, 0.15) is 0 Å². The standard InChI is InChI=1S/C13H16N2OS/c1-15(7-8-17-2)13(16)11-3-4-12-10(9-11)5-6-14-12/h3-6,9,14H,7-8H2,1-2H3. The molecule has 1 N–H and O–H groups in total. The first-order chi connectivity index (χ1) is 8.22. The second-order valence-electron chi connectivity index (χ2n) is 4.00. The lowest BCUT2D eigenvalue weighted by Gasteiger charge is -2.16. The normalized spacial score (nSPS) is 10.7. The number of benzene rings is 1. The average molecular weight is 248 g/mol. The van der Waals surface area contributed by atoms with Crippen molar-refractivity contribution >= 4 is 28.6 Å². The molecule has 0 radical (unpaired) electrons. The van der Waals surface area contributed by atoms with Crippen LogP contribution < -0.4 is 0 Å². The first-order valence-electron chi connectivity index (χ1n) is 5.54. The number of thioether (sulfide) groups is 1. The van der Waals surface area contributed by atoms with Crippen molar-refractivity contribution in [2.75, 3.05) is 25.6 Å². The number of aromatic amines is 1. The fraction of sp³-hybridized carbons (Fsp3) is 0.308. The van der Waals surface area contributed by atoms with Gasteiger partial charge >= 0.3 is 0 Å². The third kappa shape index (κ3) is 2.64. The van der Waals surface area contributed by atoms with Crippen molar-refractivity contribution in [1.82, 2.24) is 9.88 Å². The van der Waals surface area contributed by atoms with Crippen molar-refractivity contribution in [1.29, 1.82) is 0 Å². The van der Waals surface area contributed by atoms with Crippen molar-refractivity contribution in [3.05, 3.63) is 36.0 Å². The Kier molecular flexibility index (Phi) is 3.74. The molecule has 0 spiro atoms. The molecule has 90 valence electrons. The molecule has 0 saturated heterocycles. The number of nitrogens with one attached hydrogen (secondary N) is 1. The molecule has 0 atom stereocenters. The minimum absolute atomic E-state index is 0.0853. The Labute approximate surface area is 105 Å². The minimum atomic E-state index is 0.0853. The third-order valence-corrected chi connectivity index (χ3v) is 3.37. The molecule has 0 aliphatic rings. The summed E-state index contributed by atoms with van der Waals surface area (Å²) in [4.78, 5) is 17.0. The molecule has 0 aliphatic heterocycles. The monoisotopic (exact) mass is 248 g/mol. The van der Waals surface area contributed by atoms with Gasteiger partial charge in [-0.2, -0.15) is 11.8 Å². The van der Waals surface area contributed by atoms with Crippen LogP contribution in [0.5, 0.6) is 0 Å². The number of aromatic nitrogens is 1. The van der Waals surface area contributed by atoms with Crippen LogP contribution in [0.2, 0.25) is 0 Å². The Bertz CT molecular complexity index is 521. The minimum Gasteiger partial charge on any atom is -0.361 e. The van der Waals surface area contributed by atoms with E-state index in [1.54, 1.807) is 16.7 Å². The highest BCUT2D eigenvalue weighted by Crippen LogP contribution is 2.15. The van der Waals surface area contributed by atoms with Crippen molar-refractivity contribution in [2.24, 2.45) is 0 Å². The third-order valence-electron chi connectivity index (χ3n) is 2.78. The fourth-order valence-electron chi connectivity index (χ4n) is 1.74. The zero-order valence-corrected chi connectivity index (χ0v) is 10.9. The highest BCUT2D eigenvalue weighted by atomic mass is 32.2. The van der Waals surface area contributed by atoms with Crippen molar-refractivity contribution in [3.63, 3.8) is 0 Å². The molecule has 0 saturated carbocycles. The zero-order chi connectivity index (χ0) is 12.3. The topological polar surface area (TPSA) is 36.1 Å². The Balaban J connectivity index is 2.17. The van der Waals surface area contributed by atoms with E-state index in [9.17, 15) is 4.79 Å². The lowest BCUT2D eigenvalue weighted by atomic mass is 10.1. The molecule has 4 heteroatoms. The van der Waals surface area contributed by atoms with Gasteiger partial charge in [0.05, 0.1) is 0 Å². The summed E-state index contributed by atoms with van der Waals surface area (Å²) in [6.45, 7) is 0.783. The van der Waals surface area contributed by atoms with Crippen molar-refractivity contribution < 1.29 is 4.79 Å². The SMILES string of the molecule is CSCCN(C)C(=O)c1ccc2[nH]ccc2c1. The Hall–Kier alpha value is -1.42. The van der Waals surface area contributed by atoms with Crippen LogP contribution in [0.1, 0.15) is 10.4 Å². The van der Waals surface area contributed by atoms with Gasteiger partial charge < -0.3 is 9.88 Å². The fourth-order valence-corrected chi connectivity index (χ4v) is 2.19. The van der Waals surface area contributed by atoms with E-state index in [0.717, 1.165) is 28.8 Å². The van der Waals surface area contributed by atoms with Crippen molar-refractivity contribution in [3.8, 4) is 0 Å². The van der Waals surface area contributed by atoms with Gasteiger partial charge in [-0.25, -0.2) is 0 Å². The molecule has 0 unspecified atom stereocenters. The van der Waals surface area contributed by atoms with Crippen molar-refractivity contribution in [2.45, 2.75) is 0 Å². The number of carbonyl (C=O) groups excluding carboxylic acids is 1. The predicted octanol–water partition coefficient (Wildman–Crippen LogP) is 2.60. The van der Waals surface area contributed by atoms with Gasteiger partial charge in [-0.1, -0.05) is 0 Å². The number of nitrogens with zero attached hydrogens (tertiary/aromatic N) is 1. The van der Waals surface area contributed by atoms with Gasteiger partial charge in [0.25, 0.3) is 5.91 Å². The average Bonchev–Trinajstić information content (AvgIpc) is 2.81. The van der Waals surface area contributed by atoms with Crippen LogP contribution in [0, 0.1) is 0 Å². The molecule has 2 rings (SSSR count). The quantitative estimate of drug-likeness (QED) is 0.903. The summed E-state index contributed by atoms with van der Waals surface area (Å²) in [5.74, 6) is 1.05. The maximum absolute atomic E-state index is 12.1. The molecule has 0 bridgehead atoms. The Morgan fingerprint density at radius 2 is 2.24 bits per heavy atom. The summed E-state index contributed by atoms with van der Waals surface area (Å²) in [5.41, 5.74) is 1.81. The Morgan fingerprint density at radius 1 is 1.41 bits per heavy atom. The molecule has 17 heavy (non-hydrogen) atoms. The van der Waals surface area contributed by atoms with E-state index < -0.39 is 0 Å². The molecular formula is C13H16N2OS. The summed E-state index contributed by atoms with van der Waals surface area (Å²) in [6.07, 6.45) is 3.93. The smallest absolute Gasteiger partial charge is 0.253 e. The number of carbonyl (C=O) groups is 1. The molecular weight excluding hydrogens is 232 g/mol. The summed E-state index contributed by atoms with van der Waals surface area (Å²) in [5, 5.41) is 1.08. The van der Waals surface area contributed by atoms with E-state index >= 15 is 0 Å². The number of fused-ring (bicyclic) bond motifs is 1. The number of hydrogen-bond donors (Lipinski definition) is 1. The van der Waals surface area contributed by atoms with Gasteiger partial charge in [-0.05, 0) is 30.5 Å². The predicted molar refractivity (Wildman–Crippen MR) is 73.6 cm³/mol. The highest BCUT2D eigenvalue weighted by molar-refractivity contribution is 7.98. The van der Waals surface area contributed by atoms with Gasteiger partial charge in [-0.3, -0.25) is 4.79 Å². The second-order valence-corrected chi connectivity index (χ2v) is 4.98. The largest absolute Gasteiger partial charge is 0.361 e. The van der Waals surface area contributed by atoms with Crippen LogP contribution in [0.4, 0.5) is 0 Å². The van der Waals surface area contributed by atoms with E-state index in [-0.39, 0.29) is 5.91 Å². The van der Waals surface area contributed by atoms with E-state index in [0.29, 0.717) is 0 Å². The van der Waals surface area contributed by atoms with Crippen LogP contribution in [-0.4, -0.2) is 41.4 Å². The number of amides is 1. The lowest BCUT2D eigenvalue weighted by molar-refractivity contribution is 0.0804. The molecule has 1 aromatic heterocycles. The van der Waals surface area contributed by atoms with Crippen LogP contribution in [0.25, 0.3) is 10.9 Å². The van der Waals surface area contributed by atoms with Gasteiger partial charge in [0.15, 0.2) is 0 Å². The van der Waals surface area contributed by atoms with E-state index in [2.05, 4.69) is 4.98 Å². The zero-order valence-electron chi connectivity index (χ0n) is 10.1. The van der Waals surface area contributed by atoms with E-state index in [1.165, 1.54) is 0 Å². The maximum Gasteiger partial charge on any atom is 0.253 e. The summed E-state index contributed by atoms with van der Waals surface area (Å²) < 4.78 is 0. The van der Waals surface area contributed by atoms with Crippen LogP contribution in [0.15, 0.2) is 30.5 Å². The van der Waals surface area contributed by atoms with Gasteiger partial charge in [-0.15, -0.1) is 0 Å². The molecule has 0 fully saturated rings. The van der Waals surface area contributed by atoms with Crippen LogP contribution in [-0.2, 0) is 0 Å². The van der Waals surface area contributed by atoms with Gasteiger partial charge in [0, 0.05) is 42.0 Å². The Morgan fingerprint density at radius 3 is 3.00 bits per heavy atom. The van der Waals surface area contributed by atoms with Gasteiger partial charge in [0.2, 0.25) is 0 Å².